The van der Waals surface area contributed by atoms with Crippen molar-refractivity contribution < 1.29 is 5.11 Å². The largest absolute Gasteiger partial charge is 0.387 e. The molecule has 2 aromatic rings. The molecule has 0 aliphatic carbocycles. The van der Waals surface area contributed by atoms with Gasteiger partial charge in [0.15, 0.2) is 0 Å². The molecule has 2 rings (SSSR count). The van der Waals surface area contributed by atoms with Crippen LogP contribution in [-0.4, -0.2) is 11.7 Å². The van der Waals surface area contributed by atoms with Crippen molar-refractivity contribution in [3.8, 4) is 0 Å². The third kappa shape index (κ3) is 4.16. The normalized spacial score (nSPS) is 14.2. The second-order valence-electron chi connectivity index (χ2n) is 4.69. The van der Waals surface area contributed by atoms with Crippen LogP contribution >= 0.6 is 11.3 Å². The maximum absolute atomic E-state index is 10.2. The van der Waals surface area contributed by atoms with Crippen molar-refractivity contribution in [3.05, 3.63) is 58.3 Å². The number of hydrogen-bond acceptors (Lipinski definition) is 3. The Morgan fingerprint density at radius 2 is 1.95 bits per heavy atom. The number of aliphatic hydroxyl groups is 1. The first-order chi connectivity index (χ1) is 9.31. The number of rotatable bonds is 7. The molecule has 2 unspecified atom stereocenters. The molecule has 2 N–H and O–H groups in total. The molecule has 19 heavy (non-hydrogen) atoms. The molecule has 1 aromatic heterocycles. The number of benzene rings is 1. The van der Waals surface area contributed by atoms with Gasteiger partial charge in [-0.25, -0.2) is 0 Å². The summed E-state index contributed by atoms with van der Waals surface area (Å²) in [5.74, 6) is 0. The first kappa shape index (κ1) is 14.3. The lowest BCUT2D eigenvalue weighted by Crippen LogP contribution is -2.26. The van der Waals surface area contributed by atoms with Crippen LogP contribution in [0.3, 0.4) is 0 Å². The fourth-order valence-corrected chi connectivity index (χ4v) is 3.01. The summed E-state index contributed by atoms with van der Waals surface area (Å²) in [6, 6.07) is 14.4. The Labute approximate surface area is 119 Å². The molecular weight excluding hydrogens is 254 g/mol. The predicted octanol–water partition coefficient (Wildman–Crippen LogP) is 3.91. The van der Waals surface area contributed by atoms with E-state index in [-0.39, 0.29) is 0 Å². The molecule has 0 aliphatic rings. The van der Waals surface area contributed by atoms with Crippen molar-refractivity contribution in [1.29, 1.82) is 0 Å². The van der Waals surface area contributed by atoms with Crippen molar-refractivity contribution in [1.82, 2.24) is 5.32 Å². The second-order valence-corrected chi connectivity index (χ2v) is 5.67. The topological polar surface area (TPSA) is 32.3 Å². The summed E-state index contributed by atoms with van der Waals surface area (Å²) < 4.78 is 0. The van der Waals surface area contributed by atoms with Gasteiger partial charge in [-0.05, 0) is 23.4 Å². The van der Waals surface area contributed by atoms with Gasteiger partial charge in [0.1, 0.15) is 0 Å². The van der Waals surface area contributed by atoms with Gasteiger partial charge < -0.3 is 10.4 Å². The van der Waals surface area contributed by atoms with E-state index in [4.69, 9.17) is 0 Å². The highest BCUT2D eigenvalue weighted by Crippen LogP contribution is 2.24. The van der Waals surface area contributed by atoms with Crippen molar-refractivity contribution in [2.75, 3.05) is 6.54 Å². The zero-order chi connectivity index (χ0) is 13.5. The number of thiophene rings is 1. The zero-order valence-electron chi connectivity index (χ0n) is 11.3. The average molecular weight is 275 g/mol. The van der Waals surface area contributed by atoms with E-state index < -0.39 is 6.10 Å². The molecule has 0 radical (unpaired) electrons. The molecule has 2 atom stereocenters. The molecule has 0 fully saturated rings. The highest BCUT2D eigenvalue weighted by Gasteiger charge is 2.14. The summed E-state index contributed by atoms with van der Waals surface area (Å²) in [6.07, 6.45) is 1.79. The number of aliphatic hydroxyl groups excluding tert-OH is 1. The van der Waals surface area contributed by atoms with E-state index in [0.717, 1.165) is 18.4 Å². The van der Waals surface area contributed by atoms with Crippen LogP contribution in [0.15, 0.2) is 47.8 Å². The van der Waals surface area contributed by atoms with Crippen LogP contribution in [0.2, 0.25) is 0 Å². The Morgan fingerprint density at radius 1 is 1.16 bits per heavy atom. The van der Waals surface area contributed by atoms with E-state index in [2.05, 4.69) is 29.8 Å². The SMILES string of the molecule is CCCC(NCC(O)c1ccccc1)c1cccs1. The van der Waals surface area contributed by atoms with Gasteiger partial charge in [0.25, 0.3) is 0 Å². The van der Waals surface area contributed by atoms with Crippen molar-refractivity contribution in [2.45, 2.75) is 31.9 Å². The summed E-state index contributed by atoms with van der Waals surface area (Å²) in [4.78, 5) is 1.35. The van der Waals surface area contributed by atoms with E-state index in [1.807, 2.05) is 30.3 Å². The van der Waals surface area contributed by atoms with Crippen LogP contribution in [0.25, 0.3) is 0 Å². The molecular formula is C16H21NOS. The fraction of sp³-hybridized carbons (Fsp3) is 0.375. The molecule has 0 aliphatic heterocycles. The van der Waals surface area contributed by atoms with Crippen molar-refractivity contribution in [2.24, 2.45) is 0 Å². The van der Waals surface area contributed by atoms with Crippen molar-refractivity contribution in [3.63, 3.8) is 0 Å². The van der Waals surface area contributed by atoms with Gasteiger partial charge in [0.05, 0.1) is 6.10 Å². The molecule has 0 spiro atoms. The zero-order valence-corrected chi connectivity index (χ0v) is 12.1. The molecule has 1 aromatic carbocycles. The summed E-state index contributed by atoms with van der Waals surface area (Å²) >= 11 is 1.77. The lowest BCUT2D eigenvalue weighted by molar-refractivity contribution is 0.169. The molecule has 0 saturated heterocycles. The molecule has 3 heteroatoms. The lowest BCUT2D eigenvalue weighted by atomic mass is 10.1. The van der Waals surface area contributed by atoms with Crippen LogP contribution in [0, 0.1) is 0 Å². The maximum atomic E-state index is 10.2. The minimum atomic E-state index is -0.444. The lowest BCUT2D eigenvalue weighted by Gasteiger charge is -2.19. The average Bonchev–Trinajstić information content (AvgIpc) is 2.98. The minimum Gasteiger partial charge on any atom is -0.387 e. The predicted molar refractivity (Wildman–Crippen MR) is 81.4 cm³/mol. The minimum absolute atomic E-state index is 0.350. The molecule has 0 amide bonds. The maximum Gasteiger partial charge on any atom is 0.0914 e. The van der Waals surface area contributed by atoms with Gasteiger partial charge >= 0.3 is 0 Å². The van der Waals surface area contributed by atoms with E-state index in [1.165, 1.54) is 4.88 Å². The van der Waals surface area contributed by atoms with Crippen LogP contribution in [0.5, 0.6) is 0 Å². The summed E-state index contributed by atoms with van der Waals surface area (Å²) in [5, 5.41) is 15.8. The second kappa shape index (κ2) is 7.43. The van der Waals surface area contributed by atoms with E-state index in [9.17, 15) is 5.11 Å². The Bertz CT molecular complexity index is 455. The molecule has 2 nitrogen and oxygen atoms in total. The number of hydrogen-bond donors (Lipinski definition) is 2. The van der Waals surface area contributed by atoms with Crippen LogP contribution in [-0.2, 0) is 0 Å². The fourth-order valence-electron chi connectivity index (χ4n) is 2.17. The Morgan fingerprint density at radius 3 is 2.58 bits per heavy atom. The van der Waals surface area contributed by atoms with E-state index in [0.29, 0.717) is 12.6 Å². The van der Waals surface area contributed by atoms with Gasteiger partial charge in [-0.1, -0.05) is 49.7 Å². The Hall–Kier alpha value is -1.16. The first-order valence-electron chi connectivity index (χ1n) is 6.81. The Kier molecular flexibility index (Phi) is 5.58. The third-order valence-electron chi connectivity index (χ3n) is 3.21. The standard InChI is InChI=1S/C16H21NOS/c1-2-7-14(16-10-6-11-19-16)17-12-15(18)13-8-4-3-5-9-13/h3-6,8-11,14-15,17-18H,2,7,12H2,1H3. The van der Waals surface area contributed by atoms with Gasteiger partial charge in [0, 0.05) is 17.5 Å². The van der Waals surface area contributed by atoms with Gasteiger partial charge in [-0.2, -0.15) is 0 Å². The van der Waals surface area contributed by atoms with Crippen molar-refractivity contribution >= 4 is 11.3 Å². The smallest absolute Gasteiger partial charge is 0.0914 e. The van der Waals surface area contributed by atoms with Gasteiger partial charge in [-0.15, -0.1) is 11.3 Å². The van der Waals surface area contributed by atoms with Crippen LogP contribution < -0.4 is 5.32 Å². The van der Waals surface area contributed by atoms with E-state index >= 15 is 0 Å². The molecule has 0 bridgehead atoms. The quantitative estimate of drug-likeness (QED) is 0.803. The molecule has 0 saturated carbocycles. The highest BCUT2D eigenvalue weighted by atomic mass is 32.1. The summed E-state index contributed by atoms with van der Waals surface area (Å²) in [7, 11) is 0. The Balaban J connectivity index is 1.92. The van der Waals surface area contributed by atoms with Gasteiger partial charge in [-0.3, -0.25) is 0 Å². The molecule has 1 heterocycles. The molecule has 102 valence electrons. The summed E-state index contributed by atoms with van der Waals surface area (Å²) in [6.45, 7) is 2.78. The van der Waals surface area contributed by atoms with Crippen LogP contribution in [0.1, 0.15) is 42.4 Å². The monoisotopic (exact) mass is 275 g/mol. The summed E-state index contributed by atoms with van der Waals surface area (Å²) in [5.41, 5.74) is 0.969. The number of nitrogens with one attached hydrogen (secondary N) is 1. The van der Waals surface area contributed by atoms with Gasteiger partial charge in [0.2, 0.25) is 0 Å². The van der Waals surface area contributed by atoms with E-state index in [1.54, 1.807) is 11.3 Å². The first-order valence-corrected chi connectivity index (χ1v) is 7.69. The van der Waals surface area contributed by atoms with Crippen LogP contribution in [0.4, 0.5) is 0 Å². The third-order valence-corrected chi connectivity index (χ3v) is 4.19. The highest BCUT2D eigenvalue weighted by molar-refractivity contribution is 7.10.